The fraction of sp³-hybridized carbons (Fsp3) is 0.312. The monoisotopic (exact) mass is 254 g/mol. The summed E-state index contributed by atoms with van der Waals surface area (Å²) in [5.74, 6) is 0.662. The van der Waals surface area contributed by atoms with Gasteiger partial charge in [-0.3, -0.25) is 0 Å². The number of hydrogen-bond acceptors (Lipinski definition) is 3. The van der Waals surface area contributed by atoms with Gasteiger partial charge in [-0.2, -0.15) is 0 Å². The Kier molecular flexibility index (Phi) is 3.22. The van der Waals surface area contributed by atoms with Crippen LogP contribution in [-0.2, 0) is 12.8 Å². The third-order valence-corrected chi connectivity index (χ3v) is 4.02. The Hall–Kier alpha value is -1.87. The van der Waals surface area contributed by atoms with Crippen LogP contribution in [0.2, 0.25) is 0 Å². The largest absolute Gasteiger partial charge is 0.388 e. The highest BCUT2D eigenvalue weighted by Crippen LogP contribution is 2.35. The number of aryl methyl sites for hydroxylation is 1. The van der Waals surface area contributed by atoms with Gasteiger partial charge in [0, 0.05) is 11.8 Å². The molecule has 0 saturated heterocycles. The Labute approximate surface area is 113 Å². The minimum Gasteiger partial charge on any atom is -0.388 e. The molecule has 1 aromatic carbocycles. The van der Waals surface area contributed by atoms with Crippen molar-refractivity contribution < 1.29 is 5.11 Å². The van der Waals surface area contributed by atoms with Gasteiger partial charge >= 0.3 is 0 Å². The van der Waals surface area contributed by atoms with E-state index >= 15 is 0 Å². The van der Waals surface area contributed by atoms with Crippen molar-refractivity contribution in [3.63, 3.8) is 0 Å². The highest BCUT2D eigenvalue weighted by atomic mass is 16.3. The highest BCUT2D eigenvalue weighted by Gasteiger charge is 2.27. The molecule has 1 aliphatic rings. The molecule has 2 atom stereocenters. The van der Waals surface area contributed by atoms with Crippen molar-refractivity contribution in [2.45, 2.75) is 25.4 Å². The summed E-state index contributed by atoms with van der Waals surface area (Å²) in [7, 11) is 0. The van der Waals surface area contributed by atoms with Crippen molar-refractivity contribution in [3.8, 4) is 0 Å². The second-order valence-corrected chi connectivity index (χ2v) is 5.19. The van der Waals surface area contributed by atoms with E-state index < -0.39 is 6.10 Å². The molecule has 3 nitrogen and oxygen atoms in total. The van der Waals surface area contributed by atoms with Crippen LogP contribution >= 0.6 is 0 Å². The van der Waals surface area contributed by atoms with Crippen molar-refractivity contribution in [1.82, 2.24) is 4.98 Å². The van der Waals surface area contributed by atoms with E-state index in [1.807, 2.05) is 12.1 Å². The maximum Gasteiger partial charge on any atom is 0.129 e. The van der Waals surface area contributed by atoms with Crippen LogP contribution in [0.15, 0.2) is 42.6 Å². The third-order valence-electron chi connectivity index (χ3n) is 4.02. The molecular formula is C16H18N2O. The zero-order chi connectivity index (χ0) is 13.2. The first kappa shape index (κ1) is 12.2. The first-order valence-electron chi connectivity index (χ1n) is 6.71. The standard InChI is InChI=1S/C16H18N2O/c17-16-14(6-3-9-18-16)15(19)13-8-7-11-4-1-2-5-12(11)10-13/h1-6,9,13,15,19H,7-8,10H2,(H2,17,18). The number of nitrogen functional groups attached to an aromatic ring is 1. The molecule has 2 unspecified atom stereocenters. The zero-order valence-electron chi connectivity index (χ0n) is 10.8. The summed E-state index contributed by atoms with van der Waals surface area (Å²) >= 11 is 0. The van der Waals surface area contributed by atoms with Gasteiger partial charge in [-0.1, -0.05) is 30.3 Å². The minimum atomic E-state index is -0.526. The van der Waals surface area contributed by atoms with E-state index in [2.05, 4.69) is 29.2 Å². The first-order chi connectivity index (χ1) is 9.25. The number of aromatic nitrogens is 1. The molecule has 19 heavy (non-hydrogen) atoms. The summed E-state index contributed by atoms with van der Waals surface area (Å²) in [6, 6.07) is 12.2. The average Bonchev–Trinajstić information content (AvgIpc) is 2.46. The van der Waals surface area contributed by atoms with E-state index in [0.29, 0.717) is 5.82 Å². The molecule has 3 rings (SSSR count). The molecule has 3 heteroatoms. The molecule has 1 heterocycles. The van der Waals surface area contributed by atoms with Crippen molar-refractivity contribution >= 4 is 5.82 Å². The maximum absolute atomic E-state index is 10.5. The number of fused-ring (bicyclic) bond motifs is 1. The Balaban J connectivity index is 1.83. The van der Waals surface area contributed by atoms with E-state index in [0.717, 1.165) is 24.8 Å². The van der Waals surface area contributed by atoms with Crippen LogP contribution in [0.4, 0.5) is 5.82 Å². The number of hydrogen-bond donors (Lipinski definition) is 2. The first-order valence-corrected chi connectivity index (χ1v) is 6.71. The number of anilines is 1. The molecule has 0 spiro atoms. The van der Waals surface area contributed by atoms with Gasteiger partial charge in [-0.25, -0.2) is 4.98 Å². The summed E-state index contributed by atoms with van der Waals surface area (Å²) in [5, 5.41) is 10.5. The summed E-state index contributed by atoms with van der Waals surface area (Å²) in [5.41, 5.74) is 9.36. The number of nitrogens with zero attached hydrogens (tertiary/aromatic N) is 1. The number of rotatable bonds is 2. The normalized spacial score (nSPS) is 19.7. The molecule has 0 saturated carbocycles. The number of aliphatic hydroxyl groups excluding tert-OH is 1. The molecule has 1 aromatic heterocycles. The zero-order valence-corrected chi connectivity index (χ0v) is 10.8. The highest BCUT2D eigenvalue weighted by molar-refractivity contribution is 5.41. The number of benzene rings is 1. The van der Waals surface area contributed by atoms with Gasteiger partial charge in [0.15, 0.2) is 0 Å². The second-order valence-electron chi connectivity index (χ2n) is 5.19. The Morgan fingerprint density at radius 1 is 1.16 bits per heavy atom. The minimum absolute atomic E-state index is 0.224. The Morgan fingerprint density at radius 3 is 2.74 bits per heavy atom. The molecule has 0 radical (unpaired) electrons. The Morgan fingerprint density at radius 2 is 1.95 bits per heavy atom. The number of pyridine rings is 1. The molecule has 98 valence electrons. The average molecular weight is 254 g/mol. The molecular weight excluding hydrogens is 236 g/mol. The molecule has 2 aromatic rings. The predicted octanol–water partition coefficient (Wildman–Crippen LogP) is 2.50. The molecule has 1 aliphatic carbocycles. The van der Waals surface area contributed by atoms with Gasteiger partial charge in [-0.15, -0.1) is 0 Å². The van der Waals surface area contributed by atoms with Gasteiger partial charge in [0.05, 0.1) is 6.10 Å². The molecule has 3 N–H and O–H groups in total. The summed E-state index contributed by atoms with van der Waals surface area (Å²) in [6.07, 6.45) is 4.06. The van der Waals surface area contributed by atoms with Crippen LogP contribution in [0.3, 0.4) is 0 Å². The van der Waals surface area contributed by atoms with Crippen LogP contribution in [0.5, 0.6) is 0 Å². The Bertz CT molecular complexity index is 582. The van der Waals surface area contributed by atoms with E-state index in [4.69, 9.17) is 5.73 Å². The van der Waals surface area contributed by atoms with Gasteiger partial charge in [0.1, 0.15) is 5.82 Å². The number of aliphatic hydroxyl groups is 1. The van der Waals surface area contributed by atoms with Crippen LogP contribution in [0, 0.1) is 5.92 Å². The fourth-order valence-electron chi connectivity index (χ4n) is 2.93. The lowest BCUT2D eigenvalue weighted by molar-refractivity contribution is 0.0999. The van der Waals surface area contributed by atoms with E-state index in [1.165, 1.54) is 11.1 Å². The lowest BCUT2D eigenvalue weighted by Gasteiger charge is -2.29. The molecule has 0 aliphatic heterocycles. The van der Waals surface area contributed by atoms with Gasteiger partial charge in [0.2, 0.25) is 0 Å². The smallest absolute Gasteiger partial charge is 0.129 e. The quantitative estimate of drug-likeness (QED) is 0.865. The van der Waals surface area contributed by atoms with Crippen LogP contribution in [-0.4, -0.2) is 10.1 Å². The van der Waals surface area contributed by atoms with Gasteiger partial charge in [-0.05, 0) is 42.4 Å². The third kappa shape index (κ3) is 2.34. The van der Waals surface area contributed by atoms with Crippen molar-refractivity contribution in [2.75, 3.05) is 5.73 Å². The summed E-state index contributed by atoms with van der Waals surface area (Å²) in [4.78, 5) is 4.06. The van der Waals surface area contributed by atoms with Crippen molar-refractivity contribution in [3.05, 3.63) is 59.3 Å². The predicted molar refractivity (Wildman–Crippen MR) is 75.6 cm³/mol. The SMILES string of the molecule is Nc1ncccc1C(O)C1CCc2ccccc2C1. The van der Waals surface area contributed by atoms with E-state index in [9.17, 15) is 5.11 Å². The molecule has 0 fully saturated rings. The number of nitrogens with two attached hydrogens (primary N) is 1. The molecule has 0 bridgehead atoms. The van der Waals surface area contributed by atoms with Crippen LogP contribution < -0.4 is 5.73 Å². The summed E-state index contributed by atoms with van der Waals surface area (Å²) in [6.45, 7) is 0. The molecule has 0 amide bonds. The van der Waals surface area contributed by atoms with E-state index in [1.54, 1.807) is 6.20 Å². The summed E-state index contributed by atoms with van der Waals surface area (Å²) < 4.78 is 0. The van der Waals surface area contributed by atoms with Crippen molar-refractivity contribution in [2.24, 2.45) is 5.92 Å². The second kappa shape index (κ2) is 5.02. The lowest BCUT2D eigenvalue weighted by Crippen LogP contribution is -2.22. The van der Waals surface area contributed by atoms with Crippen molar-refractivity contribution in [1.29, 1.82) is 0 Å². The fourth-order valence-corrected chi connectivity index (χ4v) is 2.93. The van der Waals surface area contributed by atoms with Gasteiger partial charge < -0.3 is 10.8 Å². The van der Waals surface area contributed by atoms with Crippen LogP contribution in [0.25, 0.3) is 0 Å². The van der Waals surface area contributed by atoms with Crippen LogP contribution in [0.1, 0.15) is 29.2 Å². The topological polar surface area (TPSA) is 59.1 Å². The van der Waals surface area contributed by atoms with E-state index in [-0.39, 0.29) is 5.92 Å². The lowest BCUT2D eigenvalue weighted by atomic mass is 9.79. The van der Waals surface area contributed by atoms with Gasteiger partial charge in [0.25, 0.3) is 0 Å². The maximum atomic E-state index is 10.5.